The molecule has 0 fully saturated rings. The van der Waals surface area contributed by atoms with Crippen LogP contribution < -0.4 is 0 Å². The van der Waals surface area contributed by atoms with Gasteiger partial charge in [0.15, 0.2) is 6.10 Å². The van der Waals surface area contributed by atoms with Gasteiger partial charge in [0.1, 0.15) is 13.2 Å². The highest BCUT2D eigenvalue weighted by Crippen LogP contribution is 2.18. The van der Waals surface area contributed by atoms with Gasteiger partial charge in [-0.1, -0.05) is 279 Å². The molecule has 0 radical (unpaired) electrons. The Morgan fingerprint density at radius 3 is 0.778 bits per heavy atom. The number of hydrogen-bond acceptors (Lipinski definition) is 6. The molecule has 6 nitrogen and oxygen atoms in total. The lowest BCUT2D eigenvalue weighted by molar-refractivity contribution is -0.167. The summed E-state index contributed by atoms with van der Waals surface area (Å²) in [4.78, 5) is 38.1. The molecule has 0 aliphatic rings. The third kappa shape index (κ3) is 51.3. The van der Waals surface area contributed by atoms with E-state index in [1.54, 1.807) is 0 Å². The van der Waals surface area contributed by atoms with Crippen molar-refractivity contribution in [1.82, 2.24) is 0 Å². The molecule has 0 aliphatic heterocycles. The summed E-state index contributed by atoms with van der Waals surface area (Å²) >= 11 is 0. The number of esters is 3. The molecule has 0 heterocycles. The molecule has 0 aromatic carbocycles. The molecule has 0 aliphatic carbocycles. The van der Waals surface area contributed by atoms with Crippen LogP contribution in [0.2, 0.25) is 0 Å². The fourth-order valence-corrected chi connectivity index (χ4v) is 8.70. The van der Waals surface area contributed by atoms with Gasteiger partial charge in [0, 0.05) is 19.3 Å². The summed E-state index contributed by atoms with van der Waals surface area (Å²) < 4.78 is 16.9. The number of hydrogen-bond donors (Lipinski definition) is 0. The van der Waals surface area contributed by atoms with Gasteiger partial charge in [-0.05, 0) is 31.1 Å². The summed E-state index contributed by atoms with van der Waals surface area (Å²) in [5, 5.41) is 0. The molecule has 63 heavy (non-hydrogen) atoms. The van der Waals surface area contributed by atoms with Gasteiger partial charge in [0.25, 0.3) is 0 Å². The molecule has 0 saturated heterocycles. The predicted molar refractivity (Wildman–Crippen MR) is 270 cm³/mol. The van der Waals surface area contributed by atoms with Gasteiger partial charge in [-0.15, -0.1) is 0 Å². The van der Waals surface area contributed by atoms with Gasteiger partial charge < -0.3 is 14.2 Å². The Bertz CT molecular complexity index is 962. The highest BCUT2D eigenvalue weighted by molar-refractivity contribution is 5.71. The largest absolute Gasteiger partial charge is 0.462 e. The van der Waals surface area contributed by atoms with E-state index in [0.717, 1.165) is 69.6 Å². The molecule has 0 unspecified atom stereocenters. The van der Waals surface area contributed by atoms with Crippen LogP contribution in [0.15, 0.2) is 0 Å². The van der Waals surface area contributed by atoms with Crippen LogP contribution in [0.3, 0.4) is 0 Å². The van der Waals surface area contributed by atoms with E-state index in [9.17, 15) is 14.4 Å². The first-order valence-electron chi connectivity index (χ1n) is 28.2. The normalized spacial score (nSPS) is 12.0. The van der Waals surface area contributed by atoms with E-state index in [2.05, 4.69) is 34.6 Å². The van der Waals surface area contributed by atoms with Crippen LogP contribution in [0, 0.1) is 11.8 Å². The maximum Gasteiger partial charge on any atom is 0.306 e. The maximum atomic E-state index is 12.8. The van der Waals surface area contributed by atoms with Crippen molar-refractivity contribution in [2.75, 3.05) is 13.2 Å². The first kappa shape index (κ1) is 61.4. The lowest BCUT2D eigenvalue weighted by Crippen LogP contribution is -2.30. The lowest BCUT2D eigenvalue weighted by Gasteiger charge is -2.18. The van der Waals surface area contributed by atoms with Crippen LogP contribution in [0.1, 0.15) is 317 Å². The van der Waals surface area contributed by atoms with Crippen molar-refractivity contribution in [3.63, 3.8) is 0 Å². The SMILES string of the molecule is CCCCCCCCCCCCCCCCCCCCC(=O)OC[C@@H](COC(=O)CCCCCCCCCCCCCCCC(C)C)OC(=O)CCCCCCCCCCC(C)C. The van der Waals surface area contributed by atoms with Gasteiger partial charge in [-0.2, -0.15) is 0 Å². The predicted octanol–water partition coefficient (Wildman–Crippen LogP) is 18.5. The number of rotatable bonds is 51. The minimum absolute atomic E-state index is 0.0635. The third-order valence-electron chi connectivity index (χ3n) is 13.0. The molecule has 1 atom stereocenters. The number of carbonyl (C=O) groups is 3. The van der Waals surface area contributed by atoms with E-state index in [1.165, 1.54) is 205 Å². The molecular formula is C57H110O6. The van der Waals surface area contributed by atoms with Crippen molar-refractivity contribution in [2.24, 2.45) is 11.8 Å². The van der Waals surface area contributed by atoms with E-state index in [-0.39, 0.29) is 31.1 Å². The Labute approximate surface area is 393 Å². The Kier molecular flexibility index (Phi) is 48.6. The average Bonchev–Trinajstić information content (AvgIpc) is 3.25. The minimum Gasteiger partial charge on any atom is -0.462 e. The summed E-state index contributed by atoms with van der Waals surface area (Å²) in [6, 6.07) is 0. The third-order valence-corrected chi connectivity index (χ3v) is 13.0. The zero-order valence-corrected chi connectivity index (χ0v) is 43.2. The summed E-state index contributed by atoms with van der Waals surface area (Å²) in [5.41, 5.74) is 0. The molecule has 0 saturated carbocycles. The monoisotopic (exact) mass is 891 g/mol. The number of ether oxygens (including phenoxy) is 3. The number of unbranched alkanes of at least 4 members (excludes halogenated alkanes) is 36. The Morgan fingerprint density at radius 1 is 0.302 bits per heavy atom. The second kappa shape index (κ2) is 49.8. The van der Waals surface area contributed by atoms with Crippen LogP contribution in [0.25, 0.3) is 0 Å². The average molecular weight is 892 g/mol. The van der Waals surface area contributed by atoms with Crippen molar-refractivity contribution in [2.45, 2.75) is 323 Å². The molecule has 374 valence electrons. The van der Waals surface area contributed by atoms with Crippen LogP contribution in [-0.2, 0) is 28.6 Å². The van der Waals surface area contributed by atoms with Crippen LogP contribution in [0.5, 0.6) is 0 Å². The zero-order chi connectivity index (χ0) is 46.1. The van der Waals surface area contributed by atoms with Gasteiger partial charge in [-0.25, -0.2) is 0 Å². The highest BCUT2D eigenvalue weighted by Gasteiger charge is 2.19. The van der Waals surface area contributed by atoms with Crippen molar-refractivity contribution >= 4 is 17.9 Å². The second-order valence-corrected chi connectivity index (χ2v) is 20.5. The van der Waals surface area contributed by atoms with Crippen molar-refractivity contribution < 1.29 is 28.6 Å². The topological polar surface area (TPSA) is 78.9 Å². The molecule has 0 amide bonds. The van der Waals surface area contributed by atoms with Crippen molar-refractivity contribution in [3.8, 4) is 0 Å². The van der Waals surface area contributed by atoms with E-state index >= 15 is 0 Å². The zero-order valence-electron chi connectivity index (χ0n) is 43.2. The molecule has 6 heteroatoms. The second-order valence-electron chi connectivity index (χ2n) is 20.5. The van der Waals surface area contributed by atoms with Gasteiger partial charge >= 0.3 is 17.9 Å². The fourth-order valence-electron chi connectivity index (χ4n) is 8.70. The molecular weight excluding hydrogens is 781 g/mol. The van der Waals surface area contributed by atoms with E-state index in [0.29, 0.717) is 19.3 Å². The van der Waals surface area contributed by atoms with Crippen LogP contribution >= 0.6 is 0 Å². The molecule has 0 N–H and O–H groups in total. The summed E-state index contributed by atoms with van der Waals surface area (Å²) in [7, 11) is 0. The lowest BCUT2D eigenvalue weighted by atomic mass is 10.0. The highest BCUT2D eigenvalue weighted by atomic mass is 16.6. The Hall–Kier alpha value is -1.59. The van der Waals surface area contributed by atoms with Gasteiger partial charge in [0.2, 0.25) is 0 Å². The fraction of sp³-hybridized carbons (Fsp3) is 0.947. The molecule has 0 spiro atoms. The van der Waals surface area contributed by atoms with Gasteiger partial charge in [-0.3, -0.25) is 14.4 Å². The maximum absolute atomic E-state index is 12.8. The minimum atomic E-state index is -0.763. The smallest absolute Gasteiger partial charge is 0.306 e. The Balaban J connectivity index is 4.25. The first-order valence-corrected chi connectivity index (χ1v) is 28.2. The first-order chi connectivity index (χ1) is 30.7. The standard InChI is InChI=1S/C57H110O6/c1-6-7-8-9-10-11-12-13-14-15-16-17-20-23-26-32-37-42-47-55(58)61-50-54(63-57(60)49-44-39-34-29-28-31-36-41-46-53(4)5)51-62-56(59)48-43-38-33-27-24-21-18-19-22-25-30-35-40-45-52(2)3/h52-54H,6-51H2,1-5H3/t54-/m0/s1. The van der Waals surface area contributed by atoms with E-state index < -0.39 is 6.10 Å². The van der Waals surface area contributed by atoms with Crippen LogP contribution in [-0.4, -0.2) is 37.2 Å². The molecule has 0 bridgehead atoms. The van der Waals surface area contributed by atoms with Gasteiger partial charge in [0.05, 0.1) is 0 Å². The molecule has 0 aromatic rings. The summed E-state index contributed by atoms with van der Waals surface area (Å²) in [6.07, 6.45) is 52.4. The van der Waals surface area contributed by atoms with E-state index in [4.69, 9.17) is 14.2 Å². The summed E-state index contributed by atoms with van der Waals surface area (Å²) in [5.74, 6) is 0.789. The van der Waals surface area contributed by atoms with Crippen molar-refractivity contribution in [3.05, 3.63) is 0 Å². The quantitative estimate of drug-likeness (QED) is 0.0344. The van der Waals surface area contributed by atoms with Crippen LogP contribution in [0.4, 0.5) is 0 Å². The summed E-state index contributed by atoms with van der Waals surface area (Å²) in [6.45, 7) is 11.4. The van der Waals surface area contributed by atoms with E-state index in [1.807, 2.05) is 0 Å². The molecule has 0 aromatic heterocycles. The molecule has 0 rings (SSSR count). The van der Waals surface area contributed by atoms with Crippen molar-refractivity contribution in [1.29, 1.82) is 0 Å². The number of carbonyl (C=O) groups excluding carboxylic acids is 3. The Morgan fingerprint density at radius 2 is 0.524 bits per heavy atom.